The maximum absolute atomic E-state index is 12.3. The van der Waals surface area contributed by atoms with Gasteiger partial charge in [-0.05, 0) is 32.1 Å². The van der Waals surface area contributed by atoms with Crippen LogP contribution in [0, 0.1) is 0 Å². The smallest absolute Gasteiger partial charge is 0.222 e. The van der Waals surface area contributed by atoms with E-state index in [1.165, 1.54) is 122 Å². The Labute approximate surface area is 261 Å². The predicted molar refractivity (Wildman–Crippen MR) is 181 cm³/mol. The van der Waals surface area contributed by atoms with Crippen LogP contribution in [0.5, 0.6) is 0 Å². The number of nitrogens with one attached hydrogen (secondary N) is 1. The normalized spacial score (nSPS) is 14.1. The average molecular weight is 594 g/mol. The zero-order chi connectivity index (χ0) is 30.9. The van der Waals surface area contributed by atoms with Crippen molar-refractivity contribution in [3.8, 4) is 0 Å². The van der Waals surface area contributed by atoms with Crippen LogP contribution in [0.15, 0.2) is 24.3 Å². The number of unbranched alkanes of at least 4 members (excludes halogenated alkanes) is 21. The molecule has 0 aromatic carbocycles. The van der Waals surface area contributed by atoms with Gasteiger partial charge in [0.25, 0.3) is 0 Å². The maximum atomic E-state index is 12.3. The highest BCUT2D eigenvalue weighted by molar-refractivity contribution is 5.76. The van der Waals surface area contributed by atoms with Gasteiger partial charge in [-0.25, -0.2) is 0 Å². The number of amides is 1. The molecule has 1 amide bonds. The molecule has 0 aromatic heterocycles. The molecular weight excluding hydrogens is 522 g/mol. The fourth-order valence-electron chi connectivity index (χ4n) is 5.41. The third-order valence-corrected chi connectivity index (χ3v) is 8.24. The Bertz CT molecular complexity index is 621. The van der Waals surface area contributed by atoms with Crippen molar-refractivity contribution in [3.05, 3.63) is 24.3 Å². The summed E-state index contributed by atoms with van der Waals surface area (Å²) in [5, 5.41) is 33.0. The molecule has 0 saturated heterocycles. The van der Waals surface area contributed by atoms with Gasteiger partial charge in [0, 0.05) is 0 Å². The minimum absolute atomic E-state index is 0.00877. The van der Waals surface area contributed by atoms with Crippen LogP contribution in [-0.4, -0.2) is 46.1 Å². The summed E-state index contributed by atoms with van der Waals surface area (Å²) in [6.07, 6.45) is 37.3. The van der Waals surface area contributed by atoms with Crippen LogP contribution in [0.2, 0.25) is 0 Å². The molecule has 4 N–H and O–H groups in total. The topological polar surface area (TPSA) is 89.8 Å². The average Bonchev–Trinajstić information content (AvgIpc) is 2.98. The Kier molecular flexibility index (Phi) is 31.8. The van der Waals surface area contributed by atoms with Gasteiger partial charge >= 0.3 is 0 Å². The van der Waals surface area contributed by atoms with E-state index in [0.717, 1.165) is 32.1 Å². The van der Waals surface area contributed by atoms with Crippen LogP contribution < -0.4 is 5.32 Å². The summed E-state index contributed by atoms with van der Waals surface area (Å²) in [6.45, 7) is 4.17. The minimum Gasteiger partial charge on any atom is -0.394 e. The van der Waals surface area contributed by atoms with E-state index < -0.39 is 18.2 Å². The van der Waals surface area contributed by atoms with E-state index in [0.29, 0.717) is 6.42 Å². The summed E-state index contributed by atoms with van der Waals surface area (Å²) >= 11 is 0. The number of aliphatic hydroxyl groups excluding tert-OH is 3. The number of allylic oxidation sites excluding steroid dienone is 3. The van der Waals surface area contributed by atoms with Gasteiger partial charge in [-0.1, -0.05) is 167 Å². The molecule has 248 valence electrons. The van der Waals surface area contributed by atoms with Gasteiger partial charge in [-0.15, -0.1) is 0 Å². The van der Waals surface area contributed by atoms with Crippen LogP contribution in [0.3, 0.4) is 0 Å². The number of aliphatic hydroxyl groups is 3. The second-order valence-corrected chi connectivity index (χ2v) is 12.5. The molecule has 3 atom stereocenters. The van der Waals surface area contributed by atoms with Crippen molar-refractivity contribution in [3.63, 3.8) is 0 Å². The lowest BCUT2D eigenvalue weighted by molar-refractivity contribution is -0.124. The molecule has 0 bridgehead atoms. The maximum Gasteiger partial charge on any atom is 0.222 e. The SMILES string of the molecule is CCCCCCCCCC/C=C/CC/C=C/C(O)C(CO)NC(=O)CC(O)CCCCCCCCCCCCCCC. The van der Waals surface area contributed by atoms with Gasteiger partial charge < -0.3 is 20.6 Å². The van der Waals surface area contributed by atoms with Crippen LogP contribution in [0.4, 0.5) is 0 Å². The Hall–Kier alpha value is -1.17. The van der Waals surface area contributed by atoms with Crippen LogP contribution in [0.1, 0.15) is 181 Å². The first-order valence-electron chi connectivity index (χ1n) is 18.1. The van der Waals surface area contributed by atoms with Crippen LogP contribution in [-0.2, 0) is 4.79 Å². The molecule has 0 saturated carbocycles. The van der Waals surface area contributed by atoms with Crippen molar-refractivity contribution in [2.75, 3.05) is 6.61 Å². The molecule has 3 unspecified atom stereocenters. The zero-order valence-corrected chi connectivity index (χ0v) is 27.9. The second-order valence-electron chi connectivity index (χ2n) is 12.5. The van der Waals surface area contributed by atoms with Crippen LogP contribution >= 0.6 is 0 Å². The second kappa shape index (κ2) is 32.7. The molecular formula is C37H71NO4. The third-order valence-electron chi connectivity index (χ3n) is 8.24. The van der Waals surface area contributed by atoms with Crippen molar-refractivity contribution in [1.82, 2.24) is 5.32 Å². The number of hydrogen-bond donors (Lipinski definition) is 4. The molecule has 5 nitrogen and oxygen atoms in total. The summed E-state index contributed by atoms with van der Waals surface area (Å²) < 4.78 is 0. The van der Waals surface area contributed by atoms with Gasteiger partial charge in [0.05, 0.1) is 31.3 Å². The Morgan fingerprint density at radius 1 is 0.595 bits per heavy atom. The number of rotatable bonds is 32. The molecule has 0 radical (unpaired) electrons. The first kappa shape index (κ1) is 40.8. The highest BCUT2D eigenvalue weighted by atomic mass is 16.3. The molecule has 0 rings (SSSR count). The standard InChI is InChI=1S/C37H71NO4/c1-3-5-7-9-11-13-15-17-19-21-23-25-27-29-31-36(41)35(33-39)38-37(42)32-34(40)30-28-26-24-22-20-18-16-14-12-10-8-6-4-2/h21,23,29,31,34-36,39-41H,3-20,22,24-28,30,32-33H2,1-2H3,(H,38,42)/b23-21+,31-29+. The molecule has 0 aromatic rings. The van der Waals surface area contributed by atoms with Crippen molar-refractivity contribution in [2.24, 2.45) is 0 Å². The van der Waals surface area contributed by atoms with Gasteiger partial charge in [0.1, 0.15) is 0 Å². The van der Waals surface area contributed by atoms with Crippen molar-refractivity contribution < 1.29 is 20.1 Å². The fraction of sp³-hybridized carbons (Fsp3) is 0.865. The summed E-state index contributed by atoms with van der Waals surface area (Å²) in [7, 11) is 0. The Morgan fingerprint density at radius 3 is 1.52 bits per heavy atom. The lowest BCUT2D eigenvalue weighted by Gasteiger charge is -2.21. The van der Waals surface area contributed by atoms with E-state index in [1.54, 1.807) is 6.08 Å². The quantitative estimate of drug-likeness (QED) is 0.0462. The minimum atomic E-state index is -0.946. The first-order chi connectivity index (χ1) is 20.5. The molecule has 0 aliphatic heterocycles. The van der Waals surface area contributed by atoms with Crippen molar-refractivity contribution in [2.45, 2.75) is 199 Å². The molecule has 0 heterocycles. The lowest BCUT2D eigenvalue weighted by atomic mass is 10.0. The van der Waals surface area contributed by atoms with E-state index >= 15 is 0 Å². The van der Waals surface area contributed by atoms with Gasteiger partial charge in [0.15, 0.2) is 0 Å². The summed E-state index contributed by atoms with van der Waals surface area (Å²) in [6, 6.07) is -0.755. The van der Waals surface area contributed by atoms with E-state index in [2.05, 4.69) is 31.3 Å². The summed E-state index contributed by atoms with van der Waals surface area (Å²) in [5.41, 5.74) is 0. The summed E-state index contributed by atoms with van der Waals surface area (Å²) in [5.74, 6) is -0.326. The first-order valence-corrected chi connectivity index (χ1v) is 18.1. The predicted octanol–water partition coefficient (Wildman–Crippen LogP) is 9.48. The van der Waals surface area contributed by atoms with Gasteiger partial charge in [-0.3, -0.25) is 4.79 Å². The van der Waals surface area contributed by atoms with Crippen molar-refractivity contribution in [1.29, 1.82) is 0 Å². The molecule has 42 heavy (non-hydrogen) atoms. The summed E-state index contributed by atoms with van der Waals surface area (Å²) in [4.78, 5) is 12.3. The highest BCUT2D eigenvalue weighted by Crippen LogP contribution is 2.14. The van der Waals surface area contributed by atoms with E-state index in [-0.39, 0.29) is 18.9 Å². The highest BCUT2D eigenvalue weighted by Gasteiger charge is 2.20. The molecule has 0 spiro atoms. The number of carbonyl (C=O) groups excluding carboxylic acids is 1. The van der Waals surface area contributed by atoms with E-state index in [1.807, 2.05) is 6.08 Å². The Morgan fingerprint density at radius 2 is 1.02 bits per heavy atom. The van der Waals surface area contributed by atoms with E-state index in [9.17, 15) is 20.1 Å². The number of hydrogen-bond acceptors (Lipinski definition) is 4. The Balaban J connectivity index is 3.79. The zero-order valence-electron chi connectivity index (χ0n) is 27.9. The monoisotopic (exact) mass is 594 g/mol. The number of carbonyl (C=O) groups is 1. The third kappa shape index (κ3) is 28.9. The van der Waals surface area contributed by atoms with Crippen molar-refractivity contribution >= 4 is 5.91 Å². The van der Waals surface area contributed by atoms with Gasteiger partial charge in [0.2, 0.25) is 5.91 Å². The molecule has 0 fully saturated rings. The molecule has 0 aliphatic rings. The van der Waals surface area contributed by atoms with E-state index in [4.69, 9.17) is 0 Å². The fourth-order valence-corrected chi connectivity index (χ4v) is 5.41. The molecule has 0 aliphatic carbocycles. The molecule has 5 heteroatoms. The van der Waals surface area contributed by atoms with Gasteiger partial charge in [-0.2, -0.15) is 0 Å². The largest absolute Gasteiger partial charge is 0.394 e. The van der Waals surface area contributed by atoms with Crippen LogP contribution in [0.25, 0.3) is 0 Å². The lowest BCUT2D eigenvalue weighted by Crippen LogP contribution is -2.45.